The molecule has 1 aliphatic heterocycles. The lowest BCUT2D eigenvalue weighted by atomic mass is 10.4. The fourth-order valence-corrected chi connectivity index (χ4v) is 1.44. The zero-order valence-electron chi connectivity index (χ0n) is 7.88. The molecule has 0 bridgehead atoms. The largest absolute Gasteiger partial charge is 0.350 e. The minimum Gasteiger partial charge on any atom is -0.350 e. The van der Waals surface area contributed by atoms with Crippen LogP contribution in [-0.4, -0.2) is 36.3 Å². The maximum atomic E-state index is 11.3. The molecule has 0 aromatic heterocycles. The van der Waals surface area contributed by atoms with Crippen molar-refractivity contribution in [3.8, 4) is 0 Å². The van der Waals surface area contributed by atoms with E-state index >= 15 is 0 Å². The molecule has 0 spiro atoms. The first-order chi connectivity index (χ1) is 6.59. The number of hydrogen-bond donors (Lipinski definition) is 1. The molecule has 0 aliphatic carbocycles. The van der Waals surface area contributed by atoms with Crippen LogP contribution in [0.15, 0.2) is 11.1 Å². The summed E-state index contributed by atoms with van der Waals surface area (Å²) in [6, 6.07) is 0. The summed E-state index contributed by atoms with van der Waals surface area (Å²) in [5.41, 5.74) is 0. The quantitative estimate of drug-likeness (QED) is 0.807. The first-order valence-corrected chi connectivity index (χ1v) is 5.26. The van der Waals surface area contributed by atoms with Crippen LogP contribution in [0.25, 0.3) is 0 Å². The summed E-state index contributed by atoms with van der Waals surface area (Å²) < 4.78 is 0.721. The van der Waals surface area contributed by atoms with Gasteiger partial charge < -0.3 is 10.2 Å². The van der Waals surface area contributed by atoms with Gasteiger partial charge in [0.1, 0.15) is 0 Å². The summed E-state index contributed by atoms with van der Waals surface area (Å²) in [5.74, 6) is -0.0707. The standard InChI is InChI=1S/C9H13BrN2O2/c1-7(10)5-11-8(13)6-12-4-2-3-9(12)14/h1-6H2,(H,11,13). The van der Waals surface area contributed by atoms with Gasteiger partial charge in [-0.1, -0.05) is 22.5 Å². The molecule has 0 radical (unpaired) electrons. The molecule has 2 amide bonds. The first-order valence-electron chi connectivity index (χ1n) is 4.47. The van der Waals surface area contributed by atoms with Crippen LogP contribution in [0.5, 0.6) is 0 Å². The third kappa shape index (κ3) is 3.49. The second kappa shape index (κ2) is 5.14. The minimum atomic E-state index is -0.138. The number of carbonyl (C=O) groups is 2. The molecule has 0 saturated carbocycles. The topological polar surface area (TPSA) is 49.4 Å². The molecule has 1 heterocycles. The highest BCUT2D eigenvalue weighted by Gasteiger charge is 2.21. The number of nitrogens with zero attached hydrogens (tertiary/aromatic N) is 1. The molecule has 1 rings (SSSR count). The van der Waals surface area contributed by atoms with Gasteiger partial charge in [0.25, 0.3) is 0 Å². The lowest BCUT2D eigenvalue weighted by molar-refractivity contribution is -0.133. The van der Waals surface area contributed by atoms with Crippen LogP contribution in [-0.2, 0) is 9.59 Å². The van der Waals surface area contributed by atoms with Crippen molar-refractivity contribution in [3.05, 3.63) is 11.1 Å². The Bertz CT molecular complexity index is 266. The summed E-state index contributed by atoms with van der Waals surface area (Å²) >= 11 is 3.14. The van der Waals surface area contributed by atoms with E-state index in [0.29, 0.717) is 19.5 Å². The molecular weight excluding hydrogens is 248 g/mol. The normalized spacial score (nSPS) is 15.8. The van der Waals surface area contributed by atoms with Crippen LogP contribution in [0, 0.1) is 0 Å². The molecule has 1 fully saturated rings. The highest BCUT2D eigenvalue weighted by atomic mass is 79.9. The fourth-order valence-electron chi connectivity index (χ4n) is 1.29. The number of rotatable bonds is 4. The van der Waals surface area contributed by atoms with Crippen molar-refractivity contribution in [2.24, 2.45) is 0 Å². The van der Waals surface area contributed by atoms with Gasteiger partial charge in [0.15, 0.2) is 0 Å². The summed E-state index contributed by atoms with van der Waals surface area (Å²) in [6.45, 7) is 4.86. The van der Waals surface area contributed by atoms with Crippen molar-refractivity contribution < 1.29 is 9.59 Å². The zero-order chi connectivity index (χ0) is 10.6. The van der Waals surface area contributed by atoms with Crippen LogP contribution in [0.2, 0.25) is 0 Å². The lowest BCUT2D eigenvalue weighted by Gasteiger charge is -2.14. The smallest absolute Gasteiger partial charge is 0.239 e. The van der Waals surface area contributed by atoms with Gasteiger partial charge in [0, 0.05) is 24.0 Å². The van der Waals surface area contributed by atoms with Crippen molar-refractivity contribution >= 4 is 27.7 Å². The molecule has 5 heteroatoms. The van der Waals surface area contributed by atoms with E-state index in [1.807, 2.05) is 0 Å². The first kappa shape index (κ1) is 11.2. The molecule has 4 nitrogen and oxygen atoms in total. The van der Waals surface area contributed by atoms with Crippen molar-refractivity contribution in [2.45, 2.75) is 12.8 Å². The van der Waals surface area contributed by atoms with E-state index in [-0.39, 0.29) is 18.4 Å². The molecule has 1 saturated heterocycles. The third-order valence-electron chi connectivity index (χ3n) is 1.98. The molecular formula is C9H13BrN2O2. The van der Waals surface area contributed by atoms with Crippen molar-refractivity contribution in [2.75, 3.05) is 19.6 Å². The monoisotopic (exact) mass is 260 g/mol. The summed E-state index contributed by atoms with van der Waals surface area (Å²) in [6.07, 6.45) is 1.43. The Morgan fingerprint density at radius 1 is 1.64 bits per heavy atom. The Kier molecular flexibility index (Phi) is 4.13. The summed E-state index contributed by atoms with van der Waals surface area (Å²) in [7, 11) is 0. The van der Waals surface area contributed by atoms with Gasteiger partial charge >= 0.3 is 0 Å². The summed E-state index contributed by atoms with van der Waals surface area (Å²) in [4.78, 5) is 24.0. The van der Waals surface area contributed by atoms with Gasteiger partial charge in [-0.3, -0.25) is 9.59 Å². The number of amides is 2. The van der Waals surface area contributed by atoms with Crippen LogP contribution < -0.4 is 5.32 Å². The van der Waals surface area contributed by atoms with Crippen LogP contribution in [0.3, 0.4) is 0 Å². The Balaban J connectivity index is 2.26. The van der Waals surface area contributed by atoms with Gasteiger partial charge in [0.05, 0.1) is 6.54 Å². The SMILES string of the molecule is C=C(Br)CNC(=O)CN1CCCC1=O. The van der Waals surface area contributed by atoms with E-state index < -0.39 is 0 Å². The summed E-state index contributed by atoms with van der Waals surface area (Å²) in [5, 5.41) is 2.65. The predicted molar refractivity (Wildman–Crippen MR) is 56.9 cm³/mol. The van der Waals surface area contributed by atoms with Crippen LogP contribution in [0.4, 0.5) is 0 Å². The number of hydrogen-bond acceptors (Lipinski definition) is 2. The molecule has 0 unspecified atom stereocenters. The maximum Gasteiger partial charge on any atom is 0.239 e. The minimum absolute atomic E-state index is 0.0674. The molecule has 0 aromatic rings. The van der Waals surface area contributed by atoms with E-state index in [4.69, 9.17) is 0 Å². The Labute approximate surface area is 91.5 Å². The molecule has 1 aliphatic rings. The predicted octanol–water partition coefficient (Wildman–Crippen LogP) is 0.634. The molecule has 14 heavy (non-hydrogen) atoms. The van der Waals surface area contributed by atoms with Gasteiger partial charge in [-0.25, -0.2) is 0 Å². The molecule has 78 valence electrons. The Morgan fingerprint density at radius 2 is 2.36 bits per heavy atom. The van der Waals surface area contributed by atoms with Crippen LogP contribution >= 0.6 is 15.9 Å². The average molecular weight is 261 g/mol. The second-order valence-corrected chi connectivity index (χ2v) is 4.33. The lowest BCUT2D eigenvalue weighted by Crippen LogP contribution is -2.38. The molecule has 1 N–H and O–H groups in total. The average Bonchev–Trinajstić information content (AvgIpc) is 2.49. The van der Waals surface area contributed by atoms with Crippen LogP contribution in [0.1, 0.15) is 12.8 Å². The number of nitrogens with one attached hydrogen (secondary N) is 1. The molecule has 0 aromatic carbocycles. The van der Waals surface area contributed by atoms with E-state index in [2.05, 4.69) is 27.8 Å². The van der Waals surface area contributed by atoms with Gasteiger partial charge in [-0.2, -0.15) is 0 Å². The van der Waals surface area contributed by atoms with E-state index in [9.17, 15) is 9.59 Å². The van der Waals surface area contributed by atoms with E-state index in [1.54, 1.807) is 4.90 Å². The number of likely N-dealkylation sites (tertiary alicyclic amines) is 1. The van der Waals surface area contributed by atoms with E-state index in [1.165, 1.54) is 0 Å². The third-order valence-corrected chi connectivity index (χ3v) is 2.26. The Morgan fingerprint density at radius 3 is 2.86 bits per heavy atom. The maximum absolute atomic E-state index is 11.3. The second-order valence-electron chi connectivity index (χ2n) is 3.21. The number of carbonyl (C=O) groups excluding carboxylic acids is 2. The number of halogens is 1. The van der Waals surface area contributed by atoms with Crippen molar-refractivity contribution in [1.82, 2.24) is 10.2 Å². The fraction of sp³-hybridized carbons (Fsp3) is 0.556. The van der Waals surface area contributed by atoms with E-state index in [0.717, 1.165) is 10.9 Å². The van der Waals surface area contributed by atoms with Crippen molar-refractivity contribution in [1.29, 1.82) is 0 Å². The van der Waals surface area contributed by atoms with Gasteiger partial charge in [0.2, 0.25) is 11.8 Å². The molecule has 0 atom stereocenters. The van der Waals surface area contributed by atoms with Crippen molar-refractivity contribution in [3.63, 3.8) is 0 Å². The van der Waals surface area contributed by atoms with Gasteiger partial charge in [-0.15, -0.1) is 0 Å². The Hall–Kier alpha value is -0.840. The highest BCUT2D eigenvalue weighted by Crippen LogP contribution is 2.08. The highest BCUT2D eigenvalue weighted by molar-refractivity contribution is 9.11. The van der Waals surface area contributed by atoms with Gasteiger partial charge in [-0.05, 0) is 6.42 Å². The zero-order valence-corrected chi connectivity index (χ0v) is 9.47.